The fourth-order valence-electron chi connectivity index (χ4n) is 5.56. The highest BCUT2D eigenvalue weighted by atomic mass is 16.5. The maximum atomic E-state index is 11.3. The van der Waals surface area contributed by atoms with E-state index in [1.165, 1.54) is 25.3 Å². The van der Waals surface area contributed by atoms with Crippen molar-refractivity contribution in [1.29, 1.82) is 0 Å². The van der Waals surface area contributed by atoms with Crippen molar-refractivity contribution < 1.29 is 19.4 Å². The van der Waals surface area contributed by atoms with Gasteiger partial charge in [-0.05, 0) is 72.7 Å². The molecule has 0 unspecified atom stereocenters. The van der Waals surface area contributed by atoms with Gasteiger partial charge >= 0.3 is 11.9 Å². The number of esters is 1. The number of fused-ring (bicyclic) bond motifs is 1. The Labute approximate surface area is 158 Å². The Morgan fingerprint density at radius 1 is 1.35 bits per heavy atom. The van der Waals surface area contributed by atoms with Crippen molar-refractivity contribution in [2.45, 2.75) is 79.6 Å². The largest absolute Gasteiger partial charge is 0.481 e. The van der Waals surface area contributed by atoms with Crippen LogP contribution >= 0.6 is 0 Å². The van der Waals surface area contributed by atoms with Gasteiger partial charge in [-0.3, -0.25) is 9.59 Å². The highest BCUT2D eigenvalue weighted by molar-refractivity contribution is 5.67. The third-order valence-electron chi connectivity index (χ3n) is 7.50. The molecule has 0 saturated heterocycles. The molecule has 0 aromatic carbocycles. The third kappa shape index (κ3) is 4.32. The molecule has 5 atom stereocenters. The van der Waals surface area contributed by atoms with Crippen LogP contribution in [0.4, 0.5) is 0 Å². The van der Waals surface area contributed by atoms with Gasteiger partial charge in [-0.25, -0.2) is 0 Å². The molecule has 26 heavy (non-hydrogen) atoms. The predicted octanol–water partition coefficient (Wildman–Crippen LogP) is 5.22. The number of rotatable bonds is 7. The molecule has 2 aliphatic rings. The Kier molecular flexibility index (Phi) is 6.57. The number of carbonyl (C=O) groups excluding carboxylic acids is 1. The van der Waals surface area contributed by atoms with Crippen molar-refractivity contribution in [3.63, 3.8) is 0 Å². The van der Waals surface area contributed by atoms with E-state index in [9.17, 15) is 9.59 Å². The van der Waals surface area contributed by atoms with Crippen LogP contribution in [0.25, 0.3) is 0 Å². The molecule has 148 valence electrons. The van der Waals surface area contributed by atoms with Crippen molar-refractivity contribution in [2.24, 2.45) is 28.6 Å². The van der Waals surface area contributed by atoms with E-state index in [4.69, 9.17) is 9.84 Å². The molecule has 1 fully saturated rings. The molecule has 0 amide bonds. The summed E-state index contributed by atoms with van der Waals surface area (Å²) in [4.78, 5) is 22.3. The summed E-state index contributed by atoms with van der Waals surface area (Å²) in [6.07, 6.45) is 9.12. The SMILES string of the molecule is CC(=O)OCC1=CCC[C@@H]2[C@@](C)(CC[C@@H](C)CC(=O)O)[C@H](C)CC[C@@]12C. The molecule has 0 spiro atoms. The lowest BCUT2D eigenvalue weighted by Crippen LogP contribution is -2.50. The maximum Gasteiger partial charge on any atom is 0.303 e. The summed E-state index contributed by atoms with van der Waals surface area (Å²) in [6, 6.07) is 0. The molecule has 0 aliphatic heterocycles. The summed E-state index contributed by atoms with van der Waals surface area (Å²) in [6.45, 7) is 11.1. The van der Waals surface area contributed by atoms with E-state index in [1.54, 1.807) is 0 Å². The molecule has 1 saturated carbocycles. The Morgan fingerprint density at radius 3 is 2.65 bits per heavy atom. The molecule has 0 radical (unpaired) electrons. The minimum atomic E-state index is -0.701. The Balaban J connectivity index is 2.18. The van der Waals surface area contributed by atoms with Crippen LogP contribution in [-0.2, 0) is 14.3 Å². The third-order valence-corrected chi connectivity index (χ3v) is 7.50. The van der Waals surface area contributed by atoms with Gasteiger partial charge in [-0.1, -0.05) is 33.8 Å². The summed E-state index contributed by atoms with van der Waals surface area (Å²) in [5.41, 5.74) is 1.58. The van der Waals surface area contributed by atoms with Crippen LogP contribution in [0.5, 0.6) is 0 Å². The molecular formula is C22H36O4. The summed E-state index contributed by atoms with van der Waals surface area (Å²) in [5, 5.41) is 9.06. The second-order valence-electron chi connectivity index (χ2n) is 9.24. The van der Waals surface area contributed by atoms with Gasteiger partial charge in [0.1, 0.15) is 6.61 Å². The lowest BCUT2D eigenvalue weighted by Gasteiger charge is -2.58. The molecule has 2 aliphatic carbocycles. The van der Waals surface area contributed by atoms with Gasteiger partial charge in [-0.2, -0.15) is 0 Å². The average Bonchev–Trinajstić information content (AvgIpc) is 2.55. The Morgan fingerprint density at radius 2 is 2.04 bits per heavy atom. The monoisotopic (exact) mass is 364 g/mol. The fraction of sp³-hybridized carbons (Fsp3) is 0.818. The molecule has 2 rings (SSSR count). The Bertz CT molecular complexity index is 566. The topological polar surface area (TPSA) is 63.6 Å². The van der Waals surface area contributed by atoms with E-state index in [-0.39, 0.29) is 29.1 Å². The zero-order valence-electron chi connectivity index (χ0n) is 17.1. The first-order valence-electron chi connectivity index (χ1n) is 10.1. The number of hydrogen-bond donors (Lipinski definition) is 1. The van der Waals surface area contributed by atoms with Crippen molar-refractivity contribution in [3.05, 3.63) is 11.6 Å². The van der Waals surface area contributed by atoms with Crippen molar-refractivity contribution in [3.8, 4) is 0 Å². The van der Waals surface area contributed by atoms with Crippen LogP contribution < -0.4 is 0 Å². The zero-order chi connectivity index (χ0) is 19.5. The number of carboxylic acids is 1. The Hall–Kier alpha value is -1.32. The van der Waals surface area contributed by atoms with E-state index in [1.807, 2.05) is 0 Å². The molecule has 0 aromatic rings. The van der Waals surface area contributed by atoms with Gasteiger partial charge in [0.2, 0.25) is 0 Å². The lowest BCUT2D eigenvalue weighted by molar-refractivity contribution is -0.141. The molecule has 0 bridgehead atoms. The molecule has 0 heterocycles. The van der Waals surface area contributed by atoms with E-state index in [0.29, 0.717) is 18.4 Å². The molecule has 4 heteroatoms. The molecular weight excluding hydrogens is 328 g/mol. The highest BCUT2D eigenvalue weighted by Gasteiger charge is 2.53. The second-order valence-corrected chi connectivity index (χ2v) is 9.24. The highest BCUT2D eigenvalue weighted by Crippen LogP contribution is 2.62. The minimum absolute atomic E-state index is 0.0883. The van der Waals surface area contributed by atoms with E-state index in [0.717, 1.165) is 25.7 Å². The summed E-state index contributed by atoms with van der Waals surface area (Å²) >= 11 is 0. The van der Waals surface area contributed by atoms with Gasteiger partial charge in [0.25, 0.3) is 0 Å². The first-order valence-corrected chi connectivity index (χ1v) is 10.1. The van der Waals surface area contributed by atoms with E-state index >= 15 is 0 Å². The quantitative estimate of drug-likeness (QED) is 0.497. The van der Waals surface area contributed by atoms with Gasteiger partial charge in [0.15, 0.2) is 0 Å². The minimum Gasteiger partial charge on any atom is -0.481 e. The molecule has 0 aromatic heterocycles. The van der Waals surface area contributed by atoms with Gasteiger partial charge in [0, 0.05) is 13.3 Å². The maximum absolute atomic E-state index is 11.3. The molecule has 1 N–H and O–H groups in total. The number of carbonyl (C=O) groups is 2. The van der Waals surface area contributed by atoms with Crippen LogP contribution in [0.15, 0.2) is 11.6 Å². The molecule has 4 nitrogen and oxygen atoms in total. The van der Waals surface area contributed by atoms with Crippen LogP contribution in [-0.4, -0.2) is 23.7 Å². The summed E-state index contributed by atoms with van der Waals surface area (Å²) in [5.74, 6) is 0.487. The smallest absolute Gasteiger partial charge is 0.303 e. The number of carboxylic acid groups (broad SMARTS) is 1. The van der Waals surface area contributed by atoms with Gasteiger partial charge in [0.05, 0.1) is 0 Å². The van der Waals surface area contributed by atoms with Crippen molar-refractivity contribution in [2.75, 3.05) is 6.61 Å². The summed E-state index contributed by atoms with van der Waals surface area (Å²) in [7, 11) is 0. The van der Waals surface area contributed by atoms with Crippen LogP contribution in [0.1, 0.15) is 79.6 Å². The van der Waals surface area contributed by atoms with Gasteiger partial charge < -0.3 is 9.84 Å². The standard InChI is InChI=1S/C22H36O4/c1-15(13-20(24)25)9-11-21(4)16(2)10-12-22(5)18(14-26-17(3)23)7-6-8-19(21)22/h7,15-16,19H,6,8-14H2,1-5H3,(H,24,25)/t15-,16-,19-,21+,22+/m1/s1. The van der Waals surface area contributed by atoms with E-state index < -0.39 is 5.97 Å². The summed E-state index contributed by atoms with van der Waals surface area (Å²) < 4.78 is 5.36. The number of aliphatic carboxylic acids is 1. The van der Waals surface area contributed by atoms with Crippen LogP contribution in [0, 0.1) is 28.6 Å². The van der Waals surface area contributed by atoms with E-state index in [2.05, 4.69) is 33.8 Å². The first-order chi connectivity index (χ1) is 12.1. The van der Waals surface area contributed by atoms with Gasteiger partial charge in [-0.15, -0.1) is 0 Å². The first kappa shape index (κ1) is 21.0. The van der Waals surface area contributed by atoms with Crippen molar-refractivity contribution in [1.82, 2.24) is 0 Å². The van der Waals surface area contributed by atoms with Crippen LogP contribution in [0.2, 0.25) is 0 Å². The fourth-order valence-corrected chi connectivity index (χ4v) is 5.56. The number of ether oxygens (including phenoxy) is 1. The zero-order valence-corrected chi connectivity index (χ0v) is 17.1. The lowest BCUT2D eigenvalue weighted by atomic mass is 9.46. The number of hydrogen-bond acceptors (Lipinski definition) is 3. The average molecular weight is 365 g/mol. The predicted molar refractivity (Wildman–Crippen MR) is 103 cm³/mol. The second kappa shape index (κ2) is 8.14. The normalized spacial score (nSPS) is 35.2. The van der Waals surface area contributed by atoms with Crippen molar-refractivity contribution >= 4 is 11.9 Å². The number of allylic oxidation sites excluding steroid dienone is 1. The van der Waals surface area contributed by atoms with Crippen LogP contribution in [0.3, 0.4) is 0 Å².